The number of anilines is 2. The van der Waals surface area contributed by atoms with Crippen molar-refractivity contribution in [3.05, 3.63) is 53.6 Å². The van der Waals surface area contributed by atoms with Crippen LogP contribution in [-0.4, -0.2) is 19.4 Å². The number of carbonyl (C=O) groups excluding carboxylic acids is 1. The number of hydrogen-bond acceptors (Lipinski definition) is 4. The average molecular weight is 296 g/mol. The van der Waals surface area contributed by atoms with E-state index in [-0.39, 0.29) is 6.23 Å². The van der Waals surface area contributed by atoms with Crippen molar-refractivity contribution in [1.82, 2.24) is 0 Å². The zero-order chi connectivity index (χ0) is 15.5. The normalized spacial score (nSPS) is 15.6. The largest absolute Gasteiger partial charge is 0.464 e. The third-order valence-electron chi connectivity index (χ3n) is 4.00. The van der Waals surface area contributed by atoms with Crippen LogP contribution in [0.25, 0.3) is 0 Å². The second-order valence-corrected chi connectivity index (χ2v) is 5.28. The van der Waals surface area contributed by atoms with Crippen LogP contribution in [-0.2, 0) is 0 Å². The molecule has 0 fully saturated rings. The topological polar surface area (TPSA) is 41.6 Å². The Hall–Kier alpha value is -2.49. The van der Waals surface area contributed by atoms with E-state index in [9.17, 15) is 4.79 Å². The summed E-state index contributed by atoms with van der Waals surface area (Å²) in [5.41, 5.74) is 3.79. The Morgan fingerprint density at radius 1 is 1.14 bits per heavy atom. The smallest absolute Gasteiger partial charge is 0.196 e. The molecule has 114 valence electrons. The maximum absolute atomic E-state index is 10.8. The van der Waals surface area contributed by atoms with Crippen LogP contribution in [0.2, 0.25) is 0 Å². The van der Waals surface area contributed by atoms with Gasteiger partial charge in [0.1, 0.15) is 12.0 Å². The van der Waals surface area contributed by atoms with Crippen LogP contribution >= 0.6 is 0 Å². The Morgan fingerprint density at radius 3 is 2.50 bits per heavy atom. The highest BCUT2D eigenvalue weighted by atomic mass is 16.5. The number of rotatable bonds is 5. The second kappa shape index (κ2) is 6.10. The number of carbonyl (C=O) groups is 1. The number of hydrogen-bond donors (Lipinski definition) is 1. The molecular formula is C18H20N2O2. The molecule has 0 bridgehead atoms. The van der Waals surface area contributed by atoms with E-state index >= 15 is 0 Å². The standard InChI is InChI=1S/C18H20N2O2/c1-3-20(4-2)15-8-6-14(7-9-15)18-19-16-11-13(12-21)5-10-17(16)22-18/h5-12,18-19H,3-4H2,1-2H3. The minimum absolute atomic E-state index is 0.206. The molecule has 1 aliphatic heterocycles. The van der Waals surface area contributed by atoms with Crippen molar-refractivity contribution in [3.8, 4) is 5.75 Å². The fourth-order valence-corrected chi connectivity index (χ4v) is 2.73. The fourth-order valence-electron chi connectivity index (χ4n) is 2.73. The minimum atomic E-state index is -0.206. The molecule has 1 heterocycles. The zero-order valence-electron chi connectivity index (χ0n) is 12.9. The summed E-state index contributed by atoms with van der Waals surface area (Å²) in [5.74, 6) is 0.781. The van der Waals surface area contributed by atoms with Gasteiger partial charge in [0.2, 0.25) is 0 Å². The molecule has 0 spiro atoms. The molecule has 0 saturated heterocycles. The van der Waals surface area contributed by atoms with Crippen molar-refractivity contribution < 1.29 is 9.53 Å². The van der Waals surface area contributed by atoms with Crippen LogP contribution in [0.15, 0.2) is 42.5 Å². The SMILES string of the molecule is CCN(CC)c1ccc(C2Nc3cc(C=O)ccc3O2)cc1. The van der Waals surface area contributed by atoms with Crippen molar-refractivity contribution in [1.29, 1.82) is 0 Å². The third-order valence-corrected chi connectivity index (χ3v) is 4.00. The van der Waals surface area contributed by atoms with Crippen molar-refractivity contribution in [2.45, 2.75) is 20.1 Å². The van der Waals surface area contributed by atoms with E-state index < -0.39 is 0 Å². The van der Waals surface area contributed by atoms with Gasteiger partial charge in [-0.15, -0.1) is 0 Å². The molecule has 1 aliphatic rings. The van der Waals surface area contributed by atoms with E-state index in [1.165, 1.54) is 5.69 Å². The first-order chi connectivity index (χ1) is 10.7. The van der Waals surface area contributed by atoms with Gasteiger partial charge in [0, 0.05) is 29.9 Å². The van der Waals surface area contributed by atoms with Crippen molar-refractivity contribution in [2.24, 2.45) is 0 Å². The number of nitrogens with one attached hydrogen (secondary N) is 1. The molecule has 3 rings (SSSR count). The van der Waals surface area contributed by atoms with Gasteiger partial charge in [-0.05, 0) is 44.2 Å². The maximum Gasteiger partial charge on any atom is 0.196 e. The highest BCUT2D eigenvalue weighted by Crippen LogP contribution is 2.38. The molecule has 1 N–H and O–H groups in total. The summed E-state index contributed by atoms with van der Waals surface area (Å²) in [6.45, 7) is 6.29. The Labute approximate surface area is 130 Å². The lowest BCUT2D eigenvalue weighted by Crippen LogP contribution is -2.21. The van der Waals surface area contributed by atoms with E-state index in [2.05, 4.69) is 48.3 Å². The molecular weight excluding hydrogens is 276 g/mol. The summed E-state index contributed by atoms with van der Waals surface area (Å²) in [6.07, 6.45) is 0.636. The van der Waals surface area contributed by atoms with Crippen molar-refractivity contribution >= 4 is 17.7 Å². The number of nitrogens with zero attached hydrogens (tertiary/aromatic N) is 1. The summed E-state index contributed by atoms with van der Waals surface area (Å²) in [6, 6.07) is 13.8. The van der Waals surface area contributed by atoms with Crippen LogP contribution < -0.4 is 15.0 Å². The molecule has 1 unspecified atom stereocenters. The minimum Gasteiger partial charge on any atom is -0.464 e. The quantitative estimate of drug-likeness (QED) is 0.851. The first-order valence-corrected chi connectivity index (χ1v) is 7.62. The molecule has 0 amide bonds. The number of aldehydes is 1. The van der Waals surface area contributed by atoms with Gasteiger partial charge in [-0.3, -0.25) is 4.79 Å². The number of ether oxygens (including phenoxy) is 1. The number of benzene rings is 2. The van der Waals surface area contributed by atoms with Crippen molar-refractivity contribution in [2.75, 3.05) is 23.3 Å². The van der Waals surface area contributed by atoms with Gasteiger partial charge in [-0.1, -0.05) is 12.1 Å². The summed E-state index contributed by atoms with van der Waals surface area (Å²) in [4.78, 5) is 13.1. The summed E-state index contributed by atoms with van der Waals surface area (Å²) in [7, 11) is 0. The Kier molecular flexibility index (Phi) is 4.00. The number of fused-ring (bicyclic) bond motifs is 1. The van der Waals surface area contributed by atoms with E-state index in [4.69, 9.17) is 4.74 Å². The lowest BCUT2D eigenvalue weighted by atomic mass is 10.1. The molecule has 1 atom stereocenters. The highest BCUT2D eigenvalue weighted by molar-refractivity contribution is 5.79. The molecule has 0 aliphatic carbocycles. The van der Waals surface area contributed by atoms with Gasteiger partial charge in [0.05, 0.1) is 5.69 Å². The van der Waals surface area contributed by atoms with Crippen LogP contribution in [0.3, 0.4) is 0 Å². The average Bonchev–Trinajstić information content (AvgIpc) is 2.99. The molecule has 0 saturated carbocycles. The van der Waals surface area contributed by atoms with Crippen LogP contribution in [0.1, 0.15) is 36.0 Å². The summed E-state index contributed by atoms with van der Waals surface area (Å²) >= 11 is 0. The molecule has 0 radical (unpaired) electrons. The van der Waals surface area contributed by atoms with E-state index in [0.717, 1.165) is 36.4 Å². The van der Waals surface area contributed by atoms with Gasteiger partial charge < -0.3 is 15.0 Å². The van der Waals surface area contributed by atoms with E-state index in [1.54, 1.807) is 6.07 Å². The first kappa shape index (κ1) is 14.4. The van der Waals surface area contributed by atoms with Gasteiger partial charge >= 0.3 is 0 Å². The van der Waals surface area contributed by atoms with Gasteiger partial charge in [-0.2, -0.15) is 0 Å². The molecule has 2 aromatic carbocycles. The van der Waals surface area contributed by atoms with Gasteiger partial charge in [0.15, 0.2) is 6.23 Å². The first-order valence-electron chi connectivity index (χ1n) is 7.62. The predicted octanol–water partition coefficient (Wildman–Crippen LogP) is 3.85. The molecule has 4 nitrogen and oxygen atoms in total. The Balaban J connectivity index is 1.77. The van der Waals surface area contributed by atoms with Gasteiger partial charge in [0.25, 0.3) is 0 Å². The van der Waals surface area contributed by atoms with E-state index in [0.29, 0.717) is 5.56 Å². The lowest BCUT2D eigenvalue weighted by molar-refractivity contribution is 0.112. The third kappa shape index (κ3) is 2.64. The molecule has 0 aromatic heterocycles. The summed E-state index contributed by atoms with van der Waals surface area (Å²) < 4.78 is 5.90. The summed E-state index contributed by atoms with van der Waals surface area (Å²) in [5, 5.41) is 3.31. The van der Waals surface area contributed by atoms with Gasteiger partial charge in [-0.25, -0.2) is 0 Å². The lowest BCUT2D eigenvalue weighted by Gasteiger charge is -2.21. The Bertz CT molecular complexity index is 663. The monoisotopic (exact) mass is 296 g/mol. The van der Waals surface area contributed by atoms with Crippen LogP contribution in [0, 0.1) is 0 Å². The second-order valence-electron chi connectivity index (χ2n) is 5.28. The van der Waals surface area contributed by atoms with Crippen LogP contribution in [0.5, 0.6) is 5.75 Å². The molecule has 4 heteroatoms. The highest BCUT2D eigenvalue weighted by Gasteiger charge is 2.23. The Morgan fingerprint density at radius 2 is 1.86 bits per heavy atom. The van der Waals surface area contributed by atoms with Crippen LogP contribution in [0.4, 0.5) is 11.4 Å². The fraction of sp³-hybridized carbons (Fsp3) is 0.278. The maximum atomic E-state index is 10.8. The van der Waals surface area contributed by atoms with Crippen molar-refractivity contribution in [3.63, 3.8) is 0 Å². The molecule has 22 heavy (non-hydrogen) atoms. The zero-order valence-corrected chi connectivity index (χ0v) is 12.9. The van der Waals surface area contributed by atoms with E-state index in [1.807, 2.05) is 12.1 Å². The predicted molar refractivity (Wildman–Crippen MR) is 88.8 cm³/mol. The molecule has 2 aromatic rings.